The number of rotatable bonds is 4. The minimum atomic E-state index is -0.455. The number of benzene rings is 1. The topological polar surface area (TPSA) is 88.3 Å². The van der Waals surface area contributed by atoms with Gasteiger partial charge in [-0.2, -0.15) is 0 Å². The molecule has 124 valence electrons. The number of nitrogens with zero attached hydrogens (tertiary/aromatic N) is 2. The van der Waals surface area contributed by atoms with Crippen LogP contribution in [0.2, 0.25) is 5.02 Å². The second-order valence-corrected chi connectivity index (χ2v) is 6.08. The molecule has 24 heavy (non-hydrogen) atoms. The Kier molecular flexibility index (Phi) is 4.66. The molecule has 0 spiro atoms. The minimum absolute atomic E-state index is 0.0177. The Morgan fingerprint density at radius 2 is 2.04 bits per heavy atom. The van der Waals surface area contributed by atoms with Gasteiger partial charge in [0.1, 0.15) is 5.69 Å². The Morgan fingerprint density at radius 3 is 2.75 bits per heavy atom. The van der Waals surface area contributed by atoms with Gasteiger partial charge in [-0.05, 0) is 30.7 Å². The quantitative estimate of drug-likeness (QED) is 0.885. The van der Waals surface area contributed by atoms with Crippen LogP contribution in [0.4, 0.5) is 5.69 Å². The first-order valence-electron chi connectivity index (χ1n) is 7.61. The van der Waals surface area contributed by atoms with Crippen LogP contribution in [0, 0.1) is 0 Å². The zero-order valence-electron chi connectivity index (χ0n) is 12.9. The van der Waals surface area contributed by atoms with Crippen molar-refractivity contribution in [2.24, 2.45) is 5.73 Å². The summed E-state index contributed by atoms with van der Waals surface area (Å²) in [4.78, 5) is 29.8. The summed E-state index contributed by atoms with van der Waals surface area (Å²) in [5, 5.41) is 3.45. The fourth-order valence-corrected chi connectivity index (χ4v) is 2.94. The highest BCUT2D eigenvalue weighted by molar-refractivity contribution is 6.30. The van der Waals surface area contributed by atoms with Crippen LogP contribution in [0.15, 0.2) is 42.6 Å². The van der Waals surface area contributed by atoms with Crippen LogP contribution < -0.4 is 16.0 Å². The molecule has 6 nitrogen and oxygen atoms in total. The van der Waals surface area contributed by atoms with Gasteiger partial charge in [-0.1, -0.05) is 23.7 Å². The Bertz CT molecular complexity index is 763. The monoisotopic (exact) mass is 344 g/mol. The summed E-state index contributed by atoms with van der Waals surface area (Å²) in [5.74, 6) is -0.690. The Morgan fingerprint density at radius 1 is 1.25 bits per heavy atom. The summed E-state index contributed by atoms with van der Waals surface area (Å²) in [6.07, 6.45) is 2.23. The molecule has 1 aliphatic heterocycles. The van der Waals surface area contributed by atoms with Gasteiger partial charge in [0.25, 0.3) is 11.8 Å². The van der Waals surface area contributed by atoms with Crippen molar-refractivity contribution in [2.75, 3.05) is 18.0 Å². The molecule has 2 aromatic rings. The summed E-state index contributed by atoms with van der Waals surface area (Å²) in [6, 6.07) is 10.4. The van der Waals surface area contributed by atoms with Crippen molar-refractivity contribution in [2.45, 2.75) is 12.5 Å². The van der Waals surface area contributed by atoms with Gasteiger partial charge in [0, 0.05) is 31.0 Å². The largest absolute Gasteiger partial charge is 0.369 e. The van der Waals surface area contributed by atoms with E-state index in [-0.39, 0.29) is 11.9 Å². The number of aromatic nitrogens is 1. The molecule has 0 radical (unpaired) electrons. The van der Waals surface area contributed by atoms with E-state index in [9.17, 15) is 9.59 Å². The average molecular weight is 345 g/mol. The zero-order valence-corrected chi connectivity index (χ0v) is 13.7. The highest BCUT2D eigenvalue weighted by atomic mass is 35.5. The van der Waals surface area contributed by atoms with E-state index in [0.717, 1.165) is 18.7 Å². The third-order valence-electron chi connectivity index (χ3n) is 3.99. The molecule has 1 aromatic carbocycles. The summed E-state index contributed by atoms with van der Waals surface area (Å²) in [5.41, 5.74) is 7.05. The molecule has 1 atom stereocenters. The zero-order chi connectivity index (χ0) is 17.1. The van der Waals surface area contributed by atoms with Gasteiger partial charge in [-0.15, -0.1) is 0 Å². The summed E-state index contributed by atoms with van der Waals surface area (Å²) < 4.78 is 0. The minimum Gasteiger partial charge on any atom is -0.369 e. The van der Waals surface area contributed by atoms with E-state index in [2.05, 4.69) is 15.2 Å². The maximum absolute atomic E-state index is 12.2. The van der Waals surface area contributed by atoms with E-state index in [1.54, 1.807) is 24.3 Å². The first kappa shape index (κ1) is 16.3. The molecule has 7 heteroatoms. The molecule has 1 aromatic heterocycles. The van der Waals surface area contributed by atoms with Gasteiger partial charge in [0.15, 0.2) is 0 Å². The van der Waals surface area contributed by atoms with Crippen molar-refractivity contribution in [3.63, 3.8) is 0 Å². The fraction of sp³-hybridized carbons (Fsp3) is 0.235. The molecule has 0 bridgehead atoms. The maximum atomic E-state index is 12.2. The Hall–Kier alpha value is -2.60. The van der Waals surface area contributed by atoms with Crippen molar-refractivity contribution < 1.29 is 9.59 Å². The fourth-order valence-electron chi connectivity index (χ4n) is 2.82. The van der Waals surface area contributed by atoms with Crippen LogP contribution in [0.3, 0.4) is 0 Å². The van der Waals surface area contributed by atoms with Crippen LogP contribution in [-0.4, -0.2) is 35.9 Å². The SMILES string of the molecule is NC(=O)c1ccccc1N1CCC(NC(=O)c2ccc(Cl)cn2)C1. The third kappa shape index (κ3) is 3.49. The van der Waals surface area contributed by atoms with Crippen molar-refractivity contribution in [3.05, 3.63) is 58.9 Å². The predicted molar refractivity (Wildman–Crippen MR) is 92.3 cm³/mol. The van der Waals surface area contributed by atoms with Crippen LogP contribution in [0.1, 0.15) is 27.3 Å². The van der Waals surface area contributed by atoms with E-state index < -0.39 is 5.91 Å². The lowest BCUT2D eigenvalue weighted by Gasteiger charge is -2.21. The Labute approximate surface area is 144 Å². The number of hydrogen-bond acceptors (Lipinski definition) is 4. The molecule has 3 N–H and O–H groups in total. The molecule has 3 rings (SSSR count). The van der Waals surface area contributed by atoms with Gasteiger partial charge >= 0.3 is 0 Å². The van der Waals surface area contributed by atoms with Crippen molar-refractivity contribution in [1.29, 1.82) is 0 Å². The molecule has 1 aliphatic rings. The molecule has 1 saturated heterocycles. The van der Waals surface area contributed by atoms with Gasteiger partial charge < -0.3 is 16.0 Å². The number of carbonyl (C=O) groups is 2. The summed E-state index contributed by atoms with van der Waals surface area (Å²) in [6.45, 7) is 1.35. The standard InChI is InChI=1S/C17H17ClN4O2/c18-11-5-6-14(20-9-11)17(24)21-12-7-8-22(10-12)15-4-2-1-3-13(15)16(19)23/h1-6,9,12H,7-8,10H2,(H2,19,23)(H,21,24). The first-order valence-corrected chi connectivity index (χ1v) is 7.98. The molecule has 1 unspecified atom stereocenters. The first-order chi connectivity index (χ1) is 11.5. The van der Waals surface area contributed by atoms with Gasteiger partial charge in [-0.25, -0.2) is 4.98 Å². The number of nitrogens with one attached hydrogen (secondary N) is 1. The molecule has 0 aliphatic carbocycles. The number of carbonyl (C=O) groups excluding carboxylic acids is 2. The number of pyridine rings is 1. The normalized spacial score (nSPS) is 16.9. The highest BCUT2D eigenvalue weighted by Gasteiger charge is 2.26. The maximum Gasteiger partial charge on any atom is 0.270 e. The molecule has 0 saturated carbocycles. The van der Waals surface area contributed by atoms with Crippen LogP contribution in [-0.2, 0) is 0 Å². The van der Waals surface area contributed by atoms with Crippen molar-refractivity contribution in [3.8, 4) is 0 Å². The average Bonchev–Trinajstić information content (AvgIpc) is 3.03. The molecule has 2 heterocycles. The Balaban J connectivity index is 1.67. The number of primary amides is 1. The van der Waals surface area contributed by atoms with Crippen LogP contribution in [0.25, 0.3) is 0 Å². The summed E-state index contributed by atoms with van der Waals surface area (Å²) in [7, 11) is 0. The number of para-hydroxylation sites is 1. The lowest BCUT2D eigenvalue weighted by atomic mass is 10.1. The van der Waals surface area contributed by atoms with Crippen molar-refractivity contribution >= 4 is 29.1 Å². The molecule has 1 fully saturated rings. The predicted octanol–water partition coefficient (Wildman–Crippen LogP) is 1.84. The second-order valence-electron chi connectivity index (χ2n) is 5.65. The van der Waals surface area contributed by atoms with E-state index in [4.69, 9.17) is 17.3 Å². The van der Waals surface area contributed by atoms with E-state index in [1.165, 1.54) is 6.20 Å². The van der Waals surface area contributed by atoms with Crippen LogP contribution in [0.5, 0.6) is 0 Å². The van der Waals surface area contributed by atoms with E-state index >= 15 is 0 Å². The van der Waals surface area contributed by atoms with Gasteiger partial charge in [0.2, 0.25) is 0 Å². The van der Waals surface area contributed by atoms with Gasteiger partial charge in [-0.3, -0.25) is 9.59 Å². The van der Waals surface area contributed by atoms with Crippen molar-refractivity contribution in [1.82, 2.24) is 10.3 Å². The lowest BCUT2D eigenvalue weighted by molar-refractivity contribution is 0.0934. The van der Waals surface area contributed by atoms with E-state index in [1.807, 2.05) is 12.1 Å². The molecule has 2 amide bonds. The smallest absolute Gasteiger partial charge is 0.270 e. The lowest BCUT2D eigenvalue weighted by Crippen LogP contribution is -2.37. The number of nitrogens with two attached hydrogens (primary N) is 1. The molecular weight excluding hydrogens is 328 g/mol. The van der Waals surface area contributed by atoms with Crippen LogP contribution >= 0.6 is 11.6 Å². The number of halogens is 1. The second kappa shape index (κ2) is 6.88. The number of amides is 2. The third-order valence-corrected chi connectivity index (χ3v) is 4.22. The number of anilines is 1. The molecular formula is C17H17ClN4O2. The summed E-state index contributed by atoms with van der Waals surface area (Å²) >= 11 is 5.78. The van der Waals surface area contributed by atoms with E-state index in [0.29, 0.717) is 22.8 Å². The van der Waals surface area contributed by atoms with Gasteiger partial charge in [0.05, 0.1) is 10.6 Å². The highest BCUT2D eigenvalue weighted by Crippen LogP contribution is 2.24. The number of hydrogen-bond donors (Lipinski definition) is 2.